The van der Waals surface area contributed by atoms with E-state index in [0.717, 1.165) is 47.8 Å². The Bertz CT molecular complexity index is 1590. The van der Waals surface area contributed by atoms with Crippen LogP contribution in [0.1, 0.15) is 53.2 Å². The second-order valence-corrected chi connectivity index (χ2v) is 10.9. The quantitative estimate of drug-likeness (QED) is 0.224. The number of amides is 2. The van der Waals surface area contributed by atoms with Gasteiger partial charge in [0.25, 0.3) is 11.8 Å². The Morgan fingerprint density at radius 3 is 2.21 bits per heavy atom. The Morgan fingerprint density at radius 2 is 1.52 bits per heavy atom. The summed E-state index contributed by atoms with van der Waals surface area (Å²) in [5.74, 6) is -0.303. The number of fused-ring (bicyclic) bond motifs is 1. The van der Waals surface area contributed by atoms with Crippen LogP contribution in [0.25, 0.3) is 11.3 Å². The highest BCUT2D eigenvalue weighted by atomic mass is 16.2. The molecule has 1 fully saturated rings. The highest BCUT2D eigenvalue weighted by Crippen LogP contribution is 2.38. The van der Waals surface area contributed by atoms with Crippen LogP contribution in [-0.4, -0.2) is 36.3 Å². The second kappa shape index (κ2) is 12.5. The van der Waals surface area contributed by atoms with Crippen molar-refractivity contribution in [3.63, 3.8) is 0 Å². The normalized spacial score (nSPS) is 16.0. The van der Waals surface area contributed by atoms with Gasteiger partial charge >= 0.3 is 0 Å². The van der Waals surface area contributed by atoms with Crippen LogP contribution < -0.4 is 15.5 Å². The van der Waals surface area contributed by atoms with Crippen molar-refractivity contribution in [1.82, 2.24) is 4.90 Å². The van der Waals surface area contributed by atoms with E-state index in [4.69, 9.17) is 0 Å². The van der Waals surface area contributed by atoms with E-state index in [1.165, 1.54) is 24.8 Å². The molecule has 0 saturated carbocycles. The molecular weight excluding hydrogens is 520 g/mol. The molecule has 1 saturated heterocycles. The van der Waals surface area contributed by atoms with Crippen LogP contribution in [0.15, 0.2) is 103 Å². The molecule has 6 nitrogen and oxygen atoms in total. The lowest BCUT2D eigenvalue weighted by Gasteiger charge is -2.26. The van der Waals surface area contributed by atoms with Gasteiger partial charge in [-0.1, -0.05) is 73.2 Å². The van der Waals surface area contributed by atoms with Gasteiger partial charge in [-0.2, -0.15) is 0 Å². The fourth-order valence-electron chi connectivity index (χ4n) is 5.86. The van der Waals surface area contributed by atoms with Gasteiger partial charge in [-0.05, 0) is 80.4 Å². The van der Waals surface area contributed by atoms with E-state index in [1.54, 1.807) is 11.0 Å². The number of anilines is 3. The van der Waals surface area contributed by atoms with Crippen molar-refractivity contribution in [3.05, 3.63) is 125 Å². The average molecular weight is 557 g/mol. The fourth-order valence-corrected chi connectivity index (χ4v) is 5.86. The molecule has 4 aromatic carbocycles. The summed E-state index contributed by atoms with van der Waals surface area (Å²) in [4.78, 5) is 31.2. The molecule has 0 unspecified atom stereocenters. The molecule has 2 amide bonds. The first-order chi connectivity index (χ1) is 20.6. The van der Waals surface area contributed by atoms with Crippen molar-refractivity contribution in [2.24, 2.45) is 0 Å². The minimum Gasteiger partial charge on any atom is -0.354 e. The van der Waals surface area contributed by atoms with E-state index in [-0.39, 0.29) is 11.8 Å². The molecule has 0 aliphatic carbocycles. The number of carbonyl (C=O) groups excluding carboxylic acids is 2. The maximum absolute atomic E-state index is 13.5. The predicted molar refractivity (Wildman–Crippen MR) is 171 cm³/mol. The van der Waals surface area contributed by atoms with E-state index >= 15 is 0 Å². The number of benzene rings is 4. The van der Waals surface area contributed by atoms with E-state index in [2.05, 4.69) is 39.8 Å². The maximum Gasteiger partial charge on any atom is 0.258 e. The zero-order valence-electron chi connectivity index (χ0n) is 24.0. The van der Waals surface area contributed by atoms with Crippen molar-refractivity contribution in [3.8, 4) is 0 Å². The summed E-state index contributed by atoms with van der Waals surface area (Å²) >= 11 is 0. The number of rotatable bonds is 8. The summed E-state index contributed by atoms with van der Waals surface area (Å²) in [6.07, 6.45) is 3.88. The number of hydrogen-bond acceptors (Lipinski definition) is 4. The molecule has 0 radical (unpaired) electrons. The van der Waals surface area contributed by atoms with Gasteiger partial charge in [-0.3, -0.25) is 14.5 Å². The first-order valence-electron chi connectivity index (χ1n) is 14.8. The predicted octanol–water partition coefficient (Wildman–Crippen LogP) is 7.27. The smallest absolute Gasteiger partial charge is 0.258 e. The van der Waals surface area contributed by atoms with E-state index < -0.39 is 0 Å². The average Bonchev–Trinajstić information content (AvgIpc) is 3.37. The molecule has 0 spiro atoms. The minimum atomic E-state index is -0.196. The fraction of sp³-hybridized carbons (Fsp3) is 0.222. The molecule has 2 N–H and O–H groups in total. The third kappa shape index (κ3) is 5.85. The van der Waals surface area contributed by atoms with Gasteiger partial charge < -0.3 is 15.5 Å². The Labute approximate surface area is 247 Å². The number of carbonyl (C=O) groups is 2. The summed E-state index contributed by atoms with van der Waals surface area (Å²) in [7, 11) is 0. The topological polar surface area (TPSA) is 64.7 Å². The molecule has 0 atom stereocenters. The first kappa shape index (κ1) is 27.5. The lowest BCUT2D eigenvalue weighted by atomic mass is 9.98. The van der Waals surface area contributed by atoms with E-state index in [0.29, 0.717) is 23.4 Å². The number of para-hydroxylation sites is 1. The van der Waals surface area contributed by atoms with Gasteiger partial charge in [0, 0.05) is 41.3 Å². The molecule has 6 rings (SSSR count). The van der Waals surface area contributed by atoms with Gasteiger partial charge in [0.05, 0.1) is 11.3 Å². The zero-order valence-corrected chi connectivity index (χ0v) is 24.0. The lowest BCUT2D eigenvalue weighted by Crippen LogP contribution is -2.30. The Kier molecular flexibility index (Phi) is 8.15. The number of hydrogen-bond donors (Lipinski definition) is 2. The molecule has 2 aliphatic heterocycles. The molecule has 2 aliphatic rings. The summed E-state index contributed by atoms with van der Waals surface area (Å²) in [6.45, 7) is 5.78. The van der Waals surface area contributed by atoms with Crippen molar-refractivity contribution in [1.29, 1.82) is 0 Å². The van der Waals surface area contributed by atoms with Crippen LogP contribution in [0.2, 0.25) is 0 Å². The Morgan fingerprint density at radius 1 is 0.833 bits per heavy atom. The standard InChI is InChI=1S/C36H36N4O2/c1-2-40(30-14-8-4-9-15-30)36(42)28-18-21-31-32(24-28)38-35(41)33(31)34(27-12-6-3-7-13-27)37-29-19-16-26(17-20-29)25-39-22-10-5-11-23-39/h3-4,6-9,12-21,24,37H,2,5,10-11,22-23,25H2,1H3,(H,38,41)/b34-33-. The number of piperidine rings is 1. The molecule has 42 heavy (non-hydrogen) atoms. The van der Waals surface area contributed by atoms with Crippen LogP contribution in [-0.2, 0) is 11.3 Å². The Hall–Kier alpha value is -4.68. The number of likely N-dealkylation sites (tertiary alicyclic amines) is 1. The lowest BCUT2D eigenvalue weighted by molar-refractivity contribution is -0.110. The molecule has 212 valence electrons. The van der Waals surface area contributed by atoms with Crippen LogP contribution >= 0.6 is 0 Å². The number of nitrogens with zero attached hydrogens (tertiary/aromatic N) is 2. The minimum absolute atomic E-state index is 0.107. The molecule has 0 bridgehead atoms. The van der Waals surface area contributed by atoms with Gasteiger partial charge in [-0.15, -0.1) is 0 Å². The summed E-state index contributed by atoms with van der Waals surface area (Å²) in [6, 6.07) is 33.5. The third-order valence-electron chi connectivity index (χ3n) is 8.03. The molecular formula is C36H36N4O2. The van der Waals surface area contributed by atoms with E-state index in [1.807, 2.05) is 79.7 Å². The summed E-state index contributed by atoms with van der Waals surface area (Å²) in [5, 5.41) is 6.57. The van der Waals surface area contributed by atoms with Crippen molar-refractivity contribution >= 4 is 40.1 Å². The second-order valence-electron chi connectivity index (χ2n) is 10.9. The molecule has 4 aromatic rings. The summed E-state index contributed by atoms with van der Waals surface area (Å²) < 4.78 is 0. The molecule has 0 aromatic heterocycles. The maximum atomic E-state index is 13.5. The van der Waals surface area contributed by atoms with Crippen LogP contribution in [0, 0.1) is 0 Å². The van der Waals surface area contributed by atoms with Crippen molar-refractivity contribution in [2.45, 2.75) is 32.7 Å². The number of nitrogens with one attached hydrogen (secondary N) is 2. The van der Waals surface area contributed by atoms with Gasteiger partial charge in [0.15, 0.2) is 0 Å². The van der Waals surface area contributed by atoms with E-state index in [9.17, 15) is 9.59 Å². The monoisotopic (exact) mass is 556 g/mol. The van der Waals surface area contributed by atoms with Crippen LogP contribution in [0.3, 0.4) is 0 Å². The largest absolute Gasteiger partial charge is 0.354 e. The summed E-state index contributed by atoms with van der Waals surface area (Å²) in [5.41, 5.74) is 7.18. The first-order valence-corrected chi connectivity index (χ1v) is 14.8. The zero-order chi connectivity index (χ0) is 28.9. The van der Waals surface area contributed by atoms with Gasteiger partial charge in [-0.25, -0.2) is 0 Å². The Balaban J connectivity index is 1.31. The van der Waals surface area contributed by atoms with Crippen molar-refractivity contribution in [2.75, 3.05) is 35.2 Å². The van der Waals surface area contributed by atoms with Crippen LogP contribution in [0.5, 0.6) is 0 Å². The molecule has 6 heteroatoms. The molecule has 2 heterocycles. The highest BCUT2D eigenvalue weighted by Gasteiger charge is 2.30. The van der Waals surface area contributed by atoms with Crippen molar-refractivity contribution < 1.29 is 9.59 Å². The van der Waals surface area contributed by atoms with Crippen LogP contribution in [0.4, 0.5) is 17.1 Å². The SMILES string of the molecule is CCN(C(=O)c1ccc2c(c1)NC(=O)/C2=C(\Nc1ccc(CN2CCCCC2)cc1)c1ccccc1)c1ccccc1. The highest BCUT2D eigenvalue weighted by molar-refractivity contribution is 6.37. The van der Waals surface area contributed by atoms with Gasteiger partial charge in [0.1, 0.15) is 0 Å². The third-order valence-corrected chi connectivity index (χ3v) is 8.03. The van der Waals surface area contributed by atoms with Gasteiger partial charge in [0.2, 0.25) is 0 Å².